The predicted molar refractivity (Wildman–Crippen MR) is 129 cm³/mol. The van der Waals surface area contributed by atoms with Crippen molar-refractivity contribution in [3.05, 3.63) is 34.3 Å². The summed E-state index contributed by atoms with van der Waals surface area (Å²) >= 11 is 3.70. The Morgan fingerprint density at radius 1 is 1.36 bits per heavy atom. The van der Waals surface area contributed by atoms with Crippen LogP contribution in [-0.4, -0.2) is 49.0 Å². The SMILES string of the molecule is CCNC(=NCC1(c2ccccc2Br)CC1)NC1CCN(C(=O)C(C)C)C1.I. The lowest BCUT2D eigenvalue weighted by Gasteiger charge is -2.21. The largest absolute Gasteiger partial charge is 0.357 e. The molecule has 28 heavy (non-hydrogen) atoms. The fourth-order valence-corrected chi connectivity index (χ4v) is 4.45. The molecule has 1 saturated heterocycles. The average molecular weight is 563 g/mol. The lowest BCUT2D eigenvalue weighted by molar-refractivity contribution is -0.133. The number of nitrogens with zero attached hydrogens (tertiary/aromatic N) is 2. The van der Waals surface area contributed by atoms with Crippen LogP contribution in [0.1, 0.15) is 45.6 Å². The van der Waals surface area contributed by atoms with Crippen LogP contribution in [-0.2, 0) is 10.2 Å². The summed E-state index contributed by atoms with van der Waals surface area (Å²) in [5.41, 5.74) is 1.52. The van der Waals surface area contributed by atoms with Gasteiger partial charge in [0.1, 0.15) is 0 Å². The molecule has 1 amide bonds. The fourth-order valence-electron chi connectivity index (χ4n) is 3.74. The number of halogens is 2. The van der Waals surface area contributed by atoms with E-state index in [4.69, 9.17) is 4.99 Å². The Morgan fingerprint density at radius 3 is 2.68 bits per heavy atom. The van der Waals surface area contributed by atoms with Gasteiger partial charge >= 0.3 is 0 Å². The summed E-state index contributed by atoms with van der Waals surface area (Å²) in [6.07, 6.45) is 3.33. The summed E-state index contributed by atoms with van der Waals surface area (Å²) in [6, 6.07) is 8.75. The summed E-state index contributed by atoms with van der Waals surface area (Å²) < 4.78 is 1.18. The Kier molecular flexibility index (Phi) is 8.60. The van der Waals surface area contributed by atoms with Crippen molar-refractivity contribution in [2.24, 2.45) is 10.9 Å². The molecule has 1 aliphatic heterocycles. The maximum Gasteiger partial charge on any atom is 0.225 e. The molecule has 0 bridgehead atoms. The van der Waals surface area contributed by atoms with Crippen LogP contribution in [0.25, 0.3) is 0 Å². The van der Waals surface area contributed by atoms with Crippen molar-refractivity contribution in [2.45, 2.75) is 51.5 Å². The van der Waals surface area contributed by atoms with E-state index in [-0.39, 0.29) is 47.3 Å². The third-order valence-corrected chi connectivity index (χ3v) is 6.21. The number of nitrogens with one attached hydrogen (secondary N) is 2. The number of amides is 1. The highest BCUT2D eigenvalue weighted by molar-refractivity contribution is 14.0. The van der Waals surface area contributed by atoms with Crippen LogP contribution in [0.3, 0.4) is 0 Å². The molecule has 2 fully saturated rings. The van der Waals surface area contributed by atoms with E-state index < -0.39 is 0 Å². The first kappa shape index (κ1) is 23.4. The molecule has 7 heteroatoms. The first-order chi connectivity index (χ1) is 12.9. The summed E-state index contributed by atoms with van der Waals surface area (Å²) in [6.45, 7) is 9.21. The van der Waals surface area contributed by atoms with Gasteiger partial charge in [0.15, 0.2) is 5.96 Å². The molecule has 0 aromatic heterocycles. The van der Waals surface area contributed by atoms with Crippen LogP contribution in [0.2, 0.25) is 0 Å². The molecule has 156 valence electrons. The number of carbonyl (C=O) groups is 1. The number of benzene rings is 1. The van der Waals surface area contributed by atoms with Gasteiger partial charge in [-0.1, -0.05) is 48.0 Å². The normalized spacial score (nSPS) is 20.7. The van der Waals surface area contributed by atoms with Gasteiger partial charge in [0.05, 0.1) is 6.54 Å². The van der Waals surface area contributed by atoms with Gasteiger partial charge in [0, 0.05) is 41.5 Å². The lowest BCUT2D eigenvalue weighted by Crippen LogP contribution is -2.45. The molecule has 0 spiro atoms. The molecule has 1 atom stereocenters. The van der Waals surface area contributed by atoms with Gasteiger partial charge in [0.2, 0.25) is 5.91 Å². The van der Waals surface area contributed by atoms with Crippen LogP contribution < -0.4 is 10.6 Å². The van der Waals surface area contributed by atoms with Crippen molar-refractivity contribution < 1.29 is 4.79 Å². The zero-order chi connectivity index (χ0) is 19.4. The Balaban J connectivity index is 0.00000280. The summed E-state index contributed by atoms with van der Waals surface area (Å²) in [4.78, 5) is 19.1. The van der Waals surface area contributed by atoms with Crippen LogP contribution in [0.15, 0.2) is 33.7 Å². The highest BCUT2D eigenvalue weighted by Crippen LogP contribution is 2.50. The molecule has 2 N–H and O–H groups in total. The van der Waals surface area contributed by atoms with Gasteiger partial charge in [-0.15, -0.1) is 24.0 Å². The van der Waals surface area contributed by atoms with E-state index in [9.17, 15) is 4.79 Å². The smallest absolute Gasteiger partial charge is 0.225 e. The van der Waals surface area contributed by atoms with E-state index >= 15 is 0 Å². The number of hydrogen-bond acceptors (Lipinski definition) is 2. The van der Waals surface area contributed by atoms with E-state index in [0.717, 1.165) is 38.6 Å². The maximum absolute atomic E-state index is 12.2. The van der Waals surface area contributed by atoms with Gasteiger partial charge in [-0.2, -0.15) is 0 Å². The van der Waals surface area contributed by atoms with E-state index in [2.05, 4.69) is 57.8 Å². The molecule has 1 aliphatic carbocycles. The van der Waals surface area contributed by atoms with Crippen molar-refractivity contribution in [3.63, 3.8) is 0 Å². The van der Waals surface area contributed by atoms with E-state index in [1.807, 2.05) is 18.7 Å². The Labute approximate surface area is 194 Å². The Morgan fingerprint density at radius 2 is 2.07 bits per heavy atom. The minimum atomic E-state index is 0. The molecule has 3 rings (SSSR count). The third-order valence-electron chi connectivity index (χ3n) is 5.52. The molecular weight excluding hydrogens is 531 g/mol. The van der Waals surface area contributed by atoms with Crippen molar-refractivity contribution in [3.8, 4) is 0 Å². The first-order valence-electron chi connectivity index (χ1n) is 10.0. The number of likely N-dealkylation sites (tertiary alicyclic amines) is 1. The molecule has 0 radical (unpaired) electrons. The minimum Gasteiger partial charge on any atom is -0.357 e. The average Bonchev–Trinajstić information content (AvgIpc) is 3.29. The van der Waals surface area contributed by atoms with Gasteiger partial charge in [0.25, 0.3) is 0 Å². The van der Waals surface area contributed by atoms with Crippen molar-refractivity contribution >= 4 is 51.8 Å². The third kappa shape index (κ3) is 5.62. The highest BCUT2D eigenvalue weighted by atomic mass is 127. The number of hydrogen-bond donors (Lipinski definition) is 2. The molecule has 1 saturated carbocycles. The molecule has 1 unspecified atom stereocenters. The van der Waals surface area contributed by atoms with Gasteiger partial charge < -0.3 is 15.5 Å². The molecule has 2 aliphatic rings. The zero-order valence-corrected chi connectivity index (χ0v) is 20.9. The van der Waals surface area contributed by atoms with E-state index in [0.29, 0.717) is 0 Å². The molecule has 5 nitrogen and oxygen atoms in total. The monoisotopic (exact) mass is 562 g/mol. The Hall–Kier alpha value is -0.830. The van der Waals surface area contributed by atoms with Crippen molar-refractivity contribution in [1.29, 1.82) is 0 Å². The van der Waals surface area contributed by atoms with Crippen molar-refractivity contribution in [2.75, 3.05) is 26.2 Å². The Bertz CT molecular complexity index is 705. The topological polar surface area (TPSA) is 56.7 Å². The van der Waals surface area contributed by atoms with Crippen LogP contribution in [0.4, 0.5) is 0 Å². The second-order valence-corrected chi connectivity index (χ2v) is 8.88. The number of carbonyl (C=O) groups excluding carboxylic acids is 1. The minimum absolute atomic E-state index is 0. The summed E-state index contributed by atoms with van der Waals surface area (Å²) in [5, 5.41) is 6.91. The van der Waals surface area contributed by atoms with Gasteiger partial charge in [-0.3, -0.25) is 9.79 Å². The zero-order valence-electron chi connectivity index (χ0n) is 17.0. The second-order valence-electron chi connectivity index (χ2n) is 8.02. The number of aliphatic imine (C=N–C) groups is 1. The lowest BCUT2D eigenvalue weighted by atomic mass is 9.96. The summed E-state index contributed by atoms with van der Waals surface area (Å²) in [7, 11) is 0. The van der Waals surface area contributed by atoms with Gasteiger partial charge in [-0.05, 0) is 37.8 Å². The van der Waals surface area contributed by atoms with Crippen LogP contribution in [0, 0.1) is 5.92 Å². The van der Waals surface area contributed by atoms with Crippen LogP contribution in [0.5, 0.6) is 0 Å². The molecule has 1 aromatic rings. The predicted octanol–water partition coefficient (Wildman–Crippen LogP) is 3.91. The quantitative estimate of drug-likeness (QED) is 0.314. The van der Waals surface area contributed by atoms with Gasteiger partial charge in [-0.25, -0.2) is 0 Å². The summed E-state index contributed by atoms with van der Waals surface area (Å²) in [5.74, 6) is 1.16. The standard InChI is InChI=1S/C21H31BrN4O.HI/c1-4-23-20(25-16-9-12-26(13-16)19(27)15(2)3)24-14-21(10-11-21)17-7-5-6-8-18(17)22;/h5-8,15-16H,4,9-14H2,1-3H3,(H2,23,24,25);1H. The van der Waals surface area contributed by atoms with Crippen molar-refractivity contribution in [1.82, 2.24) is 15.5 Å². The molecular formula is C21H32BrIN4O. The van der Waals surface area contributed by atoms with E-state index in [1.165, 1.54) is 22.9 Å². The second kappa shape index (κ2) is 10.3. The number of guanidine groups is 1. The first-order valence-corrected chi connectivity index (χ1v) is 10.8. The molecule has 1 heterocycles. The maximum atomic E-state index is 12.2. The van der Waals surface area contributed by atoms with Crippen LogP contribution >= 0.6 is 39.9 Å². The highest BCUT2D eigenvalue weighted by Gasteiger charge is 2.45. The number of rotatable bonds is 6. The molecule has 1 aromatic carbocycles. The van der Waals surface area contributed by atoms with E-state index in [1.54, 1.807) is 0 Å². The fraction of sp³-hybridized carbons (Fsp3) is 0.619.